The van der Waals surface area contributed by atoms with Crippen molar-refractivity contribution in [1.29, 1.82) is 0 Å². The topological polar surface area (TPSA) is 87.1 Å². The maximum Gasteiger partial charge on any atom is 0.311 e. The molecule has 1 spiro atoms. The number of fused-ring (bicyclic) bond motifs is 1. The van der Waals surface area contributed by atoms with Gasteiger partial charge in [0.25, 0.3) is 0 Å². The van der Waals surface area contributed by atoms with Crippen LogP contribution in [0.5, 0.6) is 0 Å². The molecule has 0 aromatic carbocycles. The molecule has 2 bridgehead atoms. The Morgan fingerprint density at radius 3 is 2.56 bits per heavy atom. The number of rotatable bonds is 10. The predicted molar refractivity (Wildman–Crippen MR) is 134 cm³/mol. The van der Waals surface area contributed by atoms with E-state index in [4.69, 9.17) is 4.74 Å². The zero-order chi connectivity index (χ0) is 25.5. The number of allylic oxidation sites excluding steroid dienone is 1. The number of hydrogen-bond acceptors (Lipinski definition) is 6. The van der Waals surface area contributed by atoms with Crippen molar-refractivity contribution in [3.63, 3.8) is 0 Å². The number of aliphatic hydroxyl groups excluding tert-OH is 1. The quantitative estimate of drug-likeness (QED) is 0.286. The summed E-state index contributed by atoms with van der Waals surface area (Å²) in [6, 6.07) is -1.29. The highest BCUT2D eigenvalue weighted by molar-refractivity contribution is 8.02. The van der Waals surface area contributed by atoms with Gasteiger partial charge in [-0.15, -0.1) is 24.9 Å². The van der Waals surface area contributed by atoms with Crippen molar-refractivity contribution >= 4 is 29.5 Å². The largest absolute Gasteiger partial charge is 0.465 e. The van der Waals surface area contributed by atoms with E-state index >= 15 is 0 Å². The van der Waals surface area contributed by atoms with Crippen molar-refractivity contribution in [3.05, 3.63) is 25.3 Å². The zero-order valence-electron chi connectivity index (χ0n) is 21.2. The fourth-order valence-electron chi connectivity index (χ4n) is 6.02. The maximum absolute atomic E-state index is 14.2. The van der Waals surface area contributed by atoms with Gasteiger partial charge in [0.1, 0.15) is 6.04 Å². The Hall–Kier alpha value is -1.80. The molecule has 1 N–H and O–H groups in total. The van der Waals surface area contributed by atoms with E-state index in [2.05, 4.69) is 13.2 Å². The van der Waals surface area contributed by atoms with Crippen molar-refractivity contribution < 1.29 is 24.2 Å². The number of thioether (sulfide) groups is 1. The van der Waals surface area contributed by atoms with Crippen LogP contribution < -0.4 is 0 Å². The van der Waals surface area contributed by atoms with E-state index in [1.165, 1.54) is 0 Å². The number of esters is 1. The third-order valence-electron chi connectivity index (χ3n) is 7.63. The second-order valence-electron chi connectivity index (χ2n) is 11.0. The van der Waals surface area contributed by atoms with Gasteiger partial charge in [-0.25, -0.2) is 0 Å². The molecule has 0 saturated carbocycles. The normalized spacial score (nSPS) is 32.9. The highest BCUT2D eigenvalue weighted by Crippen LogP contribution is 2.71. The lowest BCUT2D eigenvalue weighted by Gasteiger charge is -2.43. The Bertz CT molecular complexity index is 855. The van der Waals surface area contributed by atoms with Crippen LogP contribution in [0.4, 0.5) is 0 Å². The molecule has 3 aliphatic heterocycles. The molecule has 0 aromatic rings. The van der Waals surface area contributed by atoms with Gasteiger partial charge < -0.3 is 19.6 Å². The third-order valence-corrected chi connectivity index (χ3v) is 9.61. The summed E-state index contributed by atoms with van der Waals surface area (Å²) in [5.74, 6) is -1.99. The lowest BCUT2D eigenvalue weighted by atomic mass is 9.66. The number of unbranched alkanes of at least 4 members (excludes halogenated alkanes) is 1. The van der Waals surface area contributed by atoms with Crippen LogP contribution in [0.15, 0.2) is 25.3 Å². The average Bonchev–Trinajstić information content (AvgIpc) is 3.34. The molecule has 34 heavy (non-hydrogen) atoms. The molecule has 8 heteroatoms. The number of aliphatic hydroxyl groups is 1. The number of nitrogens with zero attached hydrogens (tertiary/aromatic N) is 2. The van der Waals surface area contributed by atoms with Crippen LogP contribution in [-0.4, -0.2) is 79.6 Å². The molecule has 2 unspecified atom stereocenters. The number of ether oxygens (including phenoxy) is 1. The number of carbonyl (C=O) groups excluding carboxylic acids is 3. The Morgan fingerprint density at radius 2 is 2.00 bits per heavy atom. The molecular formula is C26H40N2O5S. The van der Waals surface area contributed by atoms with Crippen LogP contribution in [-0.2, 0) is 19.1 Å². The van der Waals surface area contributed by atoms with Crippen LogP contribution in [0.2, 0.25) is 0 Å². The monoisotopic (exact) mass is 492 g/mol. The summed E-state index contributed by atoms with van der Waals surface area (Å²) >= 11 is 1.62. The van der Waals surface area contributed by atoms with Crippen LogP contribution in [0.3, 0.4) is 0 Å². The molecule has 3 aliphatic rings. The number of hydrogen-bond donors (Lipinski definition) is 1. The molecule has 7 nitrogen and oxygen atoms in total. The van der Waals surface area contributed by atoms with E-state index in [0.29, 0.717) is 19.4 Å². The highest BCUT2D eigenvalue weighted by Gasteiger charge is 2.78. The first-order chi connectivity index (χ1) is 15.9. The smallest absolute Gasteiger partial charge is 0.311 e. The summed E-state index contributed by atoms with van der Waals surface area (Å²) in [5.41, 5.74) is -0.480. The Morgan fingerprint density at radius 1 is 1.32 bits per heavy atom. The van der Waals surface area contributed by atoms with Crippen molar-refractivity contribution in [2.45, 2.75) is 87.4 Å². The lowest BCUT2D eigenvalue weighted by molar-refractivity contribution is -0.156. The highest BCUT2D eigenvalue weighted by atomic mass is 32.2. The molecule has 2 amide bonds. The predicted octanol–water partition coefficient (Wildman–Crippen LogP) is 3.17. The summed E-state index contributed by atoms with van der Waals surface area (Å²) < 4.78 is 4.44. The van der Waals surface area contributed by atoms with E-state index in [-0.39, 0.29) is 31.0 Å². The molecule has 0 aliphatic carbocycles. The van der Waals surface area contributed by atoms with Gasteiger partial charge in [-0.05, 0) is 60.3 Å². The molecule has 3 saturated heterocycles. The van der Waals surface area contributed by atoms with Gasteiger partial charge in [-0.2, -0.15) is 0 Å². The first kappa shape index (κ1) is 26.8. The van der Waals surface area contributed by atoms with Gasteiger partial charge in [0.15, 0.2) is 0 Å². The number of likely N-dealkylation sites (tertiary alicyclic amines) is 1. The van der Waals surface area contributed by atoms with E-state index < -0.39 is 39.0 Å². The Kier molecular flexibility index (Phi) is 7.63. The van der Waals surface area contributed by atoms with Crippen LogP contribution >= 0.6 is 11.8 Å². The minimum atomic E-state index is -0.753. The SMILES string of the molecule is C=CCCCOC(=O)[C@@H]1[C@H]2C(=O)N([C@H](C)CO)C(C(=O)N(CC=C)C(C)(C)C)C23CC[C@@]1(C)S3. The number of amides is 2. The minimum Gasteiger partial charge on any atom is -0.465 e. The standard InChI is InChI=1S/C26H40N2O5S/c1-8-10-11-15-33-23(32)19-18-21(30)28(17(3)16-29)20(26(18)13-12-25(19,7)34-26)22(31)27(14-9-2)24(4,5)6/h8-9,17-20,29H,1-2,10-16H2,3-7H3/t17-,18+,19+,20?,25-,26?/m1/s1. The molecule has 3 fully saturated rings. The van der Waals surface area contributed by atoms with E-state index in [1.54, 1.807) is 40.6 Å². The average molecular weight is 493 g/mol. The summed E-state index contributed by atoms with van der Waals surface area (Å²) in [5, 5.41) is 10.00. The van der Waals surface area contributed by atoms with Crippen LogP contribution in [0.25, 0.3) is 0 Å². The fourth-order valence-corrected chi connectivity index (χ4v) is 8.35. The minimum absolute atomic E-state index is 0.152. The van der Waals surface area contributed by atoms with Gasteiger partial charge in [-0.1, -0.05) is 12.2 Å². The fraction of sp³-hybridized carbons (Fsp3) is 0.731. The third kappa shape index (κ3) is 4.21. The molecular weight excluding hydrogens is 452 g/mol. The van der Waals surface area contributed by atoms with Gasteiger partial charge in [-0.3, -0.25) is 14.4 Å². The van der Waals surface area contributed by atoms with Crippen molar-refractivity contribution in [3.8, 4) is 0 Å². The van der Waals surface area contributed by atoms with Crippen molar-refractivity contribution in [2.24, 2.45) is 11.8 Å². The Balaban J connectivity index is 2.04. The first-order valence-corrected chi connectivity index (χ1v) is 13.0. The first-order valence-electron chi connectivity index (χ1n) is 12.2. The summed E-state index contributed by atoms with van der Waals surface area (Å²) in [6.45, 7) is 17.6. The summed E-state index contributed by atoms with van der Waals surface area (Å²) in [7, 11) is 0. The molecule has 0 aromatic heterocycles. The van der Waals surface area contributed by atoms with E-state index in [0.717, 1.165) is 12.8 Å². The molecule has 6 atom stereocenters. The van der Waals surface area contributed by atoms with Crippen molar-refractivity contribution in [2.75, 3.05) is 19.8 Å². The summed E-state index contributed by atoms with van der Waals surface area (Å²) in [6.07, 6.45) is 6.32. The van der Waals surface area contributed by atoms with E-state index in [1.807, 2.05) is 27.7 Å². The Labute approximate surface area is 208 Å². The van der Waals surface area contributed by atoms with Crippen LogP contribution in [0.1, 0.15) is 60.3 Å². The van der Waals surface area contributed by atoms with E-state index in [9.17, 15) is 19.5 Å². The number of carbonyl (C=O) groups is 3. The molecule has 3 heterocycles. The second kappa shape index (κ2) is 9.69. The molecule has 190 valence electrons. The lowest BCUT2D eigenvalue weighted by Crippen LogP contribution is -2.60. The summed E-state index contributed by atoms with van der Waals surface area (Å²) in [4.78, 5) is 44.7. The van der Waals surface area contributed by atoms with Crippen molar-refractivity contribution in [1.82, 2.24) is 9.80 Å². The van der Waals surface area contributed by atoms with Gasteiger partial charge in [0.05, 0.1) is 35.8 Å². The molecule has 0 radical (unpaired) electrons. The second-order valence-corrected chi connectivity index (χ2v) is 12.9. The van der Waals surface area contributed by atoms with Gasteiger partial charge in [0.2, 0.25) is 11.8 Å². The molecule has 3 rings (SSSR count). The zero-order valence-corrected chi connectivity index (χ0v) is 22.0. The maximum atomic E-state index is 14.2. The van der Waals surface area contributed by atoms with Crippen LogP contribution in [0, 0.1) is 11.8 Å². The van der Waals surface area contributed by atoms with Gasteiger partial charge in [0, 0.05) is 16.8 Å². The van der Waals surface area contributed by atoms with Gasteiger partial charge >= 0.3 is 5.97 Å².